The highest BCUT2D eigenvalue weighted by molar-refractivity contribution is 6.13. The molecule has 4 nitrogen and oxygen atoms in total. The maximum atomic E-state index is 13.0. The van der Waals surface area contributed by atoms with Crippen LogP contribution in [0.15, 0.2) is 84.9 Å². The first-order valence-electron chi connectivity index (χ1n) is 8.66. The van der Waals surface area contributed by atoms with Gasteiger partial charge in [-0.15, -0.1) is 0 Å². The quantitative estimate of drug-likeness (QED) is 0.550. The highest BCUT2D eigenvalue weighted by atomic mass is 16.5. The molecule has 0 saturated carbocycles. The van der Waals surface area contributed by atoms with E-state index in [4.69, 9.17) is 9.72 Å². The molecule has 0 atom stereocenters. The van der Waals surface area contributed by atoms with Crippen LogP contribution in [0.1, 0.15) is 10.4 Å². The molecule has 0 saturated heterocycles. The van der Waals surface area contributed by atoms with Gasteiger partial charge in [-0.25, -0.2) is 4.98 Å². The van der Waals surface area contributed by atoms with Crippen LogP contribution in [0.25, 0.3) is 22.2 Å². The average molecular weight is 354 g/mol. The minimum Gasteiger partial charge on any atom is -0.496 e. The summed E-state index contributed by atoms with van der Waals surface area (Å²) < 4.78 is 5.47. The van der Waals surface area contributed by atoms with Crippen LogP contribution < -0.4 is 10.1 Å². The Kier molecular flexibility index (Phi) is 4.54. The van der Waals surface area contributed by atoms with Gasteiger partial charge in [0, 0.05) is 16.6 Å². The van der Waals surface area contributed by atoms with Crippen molar-refractivity contribution in [2.24, 2.45) is 0 Å². The monoisotopic (exact) mass is 354 g/mol. The largest absolute Gasteiger partial charge is 0.496 e. The third-order valence-electron chi connectivity index (χ3n) is 4.38. The van der Waals surface area contributed by atoms with E-state index in [2.05, 4.69) is 5.32 Å². The van der Waals surface area contributed by atoms with E-state index in [1.165, 1.54) is 0 Å². The number of pyridine rings is 1. The number of anilines is 1. The van der Waals surface area contributed by atoms with Gasteiger partial charge in [-0.1, -0.05) is 48.5 Å². The van der Waals surface area contributed by atoms with Crippen molar-refractivity contribution in [3.05, 3.63) is 90.5 Å². The number of rotatable bonds is 4. The zero-order chi connectivity index (χ0) is 18.6. The lowest BCUT2D eigenvalue weighted by Crippen LogP contribution is -2.13. The van der Waals surface area contributed by atoms with E-state index < -0.39 is 0 Å². The Morgan fingerprint density at radius 3 is 2.41 bits per heavy atom. The number of nitrogens with one attached hydrogen (secondary N) is 1. The molecule has 4 heteroatoms. The minimum atomic E-state index is -0.170. The molecule has 0 radical (unpaired) electrons. The zero-order valence-corrected chi connectivity index (χ0v) is 14.8. The van der Waals surface area contributed by atoms with E-state index in [1.807, 2.05) is 84.9 Å². The highest BCUT2D eigenvalue weighted by Crippen LogP contribution is 2.31. The maximum Gasteiger partial charge on any atom is 0.256 e. The summed E-state index contributed by atoms with van der Waals surface area (Å²) in [5.74, 6) is 0.547. The number of fused-ring (bicyclic) bond motifs is 1. The Morgan fingerprint density at radius 2 is 1.59 bits per heavy atom. The molecular formula is C23H18N2O2. The number of benzene rings is 3. The summed E-state index contributed by atoms with van der Waals surface area (Å²) >= 11 is 0. The van der Waals surface area contributed by atoms with E-state index in [0.29, 0.717) is 11.3 Å². The standard InChI is InChI=1S/C23H18N2O2/c1-27-22-14-8-6-12-18(22)21-15-19(17-11-5-7-13-20(17)25-21)23(26)24-16-9-3-2-4-10-16/h2-15H,1H3,(H,24,26). The van der Waals surface area contributed by atoms with Crippen LogP contribution in [-0.2, 0) is 0 Å². The van der Waals surface area contributed by atoms with E-state index in [1.54, 1.807) is 7.11 Å². The second-order valence-electron chi connectivity index (χ2n) is 6.09. The number of methoxy groups -OCH3 is 1. The van der Waals surface area contributed by atoms with Crippen molar-refractivity contribution in [1.82, 2.24) is 4.98 Å². The zero-order valence-electron chi connectivity index (χ0n) is 14.8. The lowest BCUT2D eigenvalue weighted by atomic mass is 10.0. The van der Waals surface area contributed by atoms with E-state index in [9.17, 15) is 4.79 Å². The summed E-state index contributed by atoms with van der Waals surface area (Å²) in [6, 6.07) is 26.5. The van der Waals surface area contributed by atoms with E-state index in [0.717, 1.165) is 27.9 Å². The summed E-state index contributed by atoms with van der Waals surface area (Å²) in [6.07, 6.45) is 0. The molecule has 132 valence electrons. The molecule has 0 aliphatic rings. The van der Waals surface area contributed by atoms with Gasteiger partial charge in [-0.2, -0.15) is 0 Å². The number of nitrogens with zero attached hydrogens (tertiary/aromatic N) is 1. The normalized spacial score (nSPS) is 10.6. The summed E-state index contributed by atoms with van der Waals surface area (Å²) in [4.78, 5) is 17.7. The molecular weight excluding hydrogens is 336 g/mol. The van der Waals surface area contributed by atoms with Crippen molar-refractivity contribution in [1.29, 1.82) is 0 Å². The molecule has 4 aromatic rings. The van der Waals surface area contributed by atoms with Crippen LogP contribution >= 0.6 is 0 Å². The van der Waals surface area contributed by atoms with Crippen molar-refractivity contribution in [2.45, 2.75) is 0 Å². The number of ether oxygens (including phenoxy) is 1. The van der Waals surface area contributed by atoms with Crippen LogP contribution in [0, 0.1) is 0 Å². The number of hydrogen-bond acceptors (Lipinski definition) is 3. The van der Waals surface area contributed by atoms with Gasteiger partial charge in [0.05, 0.1) is 23.9 Å². The molecule has 4 rings (SSSR count). The van der Waals surface area contributed by atoms with Crippen molar-refractivity contribution < 1.29 is 9.53 Å². The molecule has 27 heavy (non-hydrogen) atoms. The number of amides is 1. The Labute approximate surface area is 157 Å². The van der Waals surface area contributed by atoms with E-state index in [-0.39, 0.29) is 5.91 Å². The van der Waals surface area contributed by atoms with Crippen LogP contribution in [0.5, 0.6) is 5.75 Å². The van der Waals surface area contributed by atoms with Gasteiger partial charge in [-0.3, -0.25) is 4.79 Å². The number of aromatic nitrogens is 1. The SMILES string of the molecule is COc1ccccc1-c1cc(C(=O)Nc2ccccc2)c2ccccc2n1. The molecule has 0 spiro atoms. The molecule has 3 aromatic carbocycles. The van der Waals surface area contributed by atoms with Gasteiger partial charge in [0.2, 0.25) is 0 Å². The molecule has 0 fully saturated rings. The first-order valence-corrected chi connectivity index (χ1v) is 8.66. The maximum absolute atomic E-state index is 13.0. The first-order chi connectivity index (χ1) is 13.3. The molecule has 0 unspecified atom stereocenters. The van der Waals surface area contributed by atoms with Gasteiger partial charge in [0.25, 0.3) is 5.91 Å². The number of carbonyl (C=O) groups is 1. The predicted molar refractivity (Wildman–Crippen MR) is 108 cm³/mol. The van der Waals surface area contributed by atoms with Crippen molar-refractivity contribution in [2.75, 3.05) is 12.4 Å². The fourth-order valence-electron chi connectivity index (χ4n) is 3.08. The van der Waals surface area contributed by atoms with Crippen LogP contribution in [0.4, 0.5) is 5.69 Å². The number of hydrogen-bond donors (Lipinski definition) is 1. The van der Waals surface area contributed by atoms with Crippen molar-refractivity contribution in [3.63, 3.8) is 0 Å². The topological polar surface area (TPSA) is 51.2 Å². The molecule has 1 heterocycles. The van der Waals surface area contributed by atoms with Crippen molar-refractivity contribution in [3.8, 4) is 17.0 Å². The molecule has 0 aliphatic heterocycles. The Hall–Kier alpha value is -3.66. The molecule has 1 aromatic heterocycles. The molecule has 0 aliphatic carbocycles. The summed E-state index contributed by atoms with van der Waals surface area (Å²) in [5, 5.41) is 3.77. The third-order valence-corrected chi connectivity index (χ3v) is 4.38. The molecule has 1 N–H and O–H groups in total. The Bertz CT molecular complexity index is 1110. The van der Waals surface area contributed by atoms with Crippen LogP contribution in [0.2, 0.25) is 0 Å². The fourth-order valence-corrected chi connectivity index (χ4v) is 3.08. The average Bonchev–Trinajstić information content (AvgIpc) is 2.73. The number of para-hydroxylation sites is 3. The summed E-state index contributed by atoms with van der Waals surface area (Å²) in [6.45, 7) is 0. The van der Waals surface area contributed by atoms with Gasteiger partial charge < -0.3 is 10.1 Å². The third kappa shape index (κ3) is 3.37. The molecule has 1 amide bonds. The molecule has 0 bridgehead atoms. The second-order valence-corrected chi connectivity index (χ2v) is 6.09. The Balaban J connectivity index is 1.85. The minimum absolute atomic E-state index is 0.170. The first kappa shape index (κ1) is 16.8. The van der Waals surface area contributed by atoms with Crippen LogP contribution in [0.3, 0.4) is 0 Å². The fraction of sp³-hybridized carbons (Fsp3) is 0.0435. The predicted octanol–water partition coefficient (Wildman–Crippen LogP) is 5.16. The van der Waals surface area contributed by atoms with Gasteiger partial charge in [0.1, 0.15) is 5.75 Å². The van der Waals surface area contributed by atoms with E-state index >= 15 is 0 Å². The lowest BCUT2D eigenvalue weighted by molar-refractivity contribution is 0.102. The number of carbonyl (C=O) groups excluding carboxylic acids is 1. The smallest absolute Gasteiger partial charge is 0.256 e. The lowest BCUT2D eigenvalue weighted by Gasteiger charge is -2.12. The summed E-state index contributed by atoms with van der Waals surface area (Å²) in [7, 11) is 1.63. The Morgan fingerprint density at radius 1 is 0.889 bits per heavy atom. The summed E-state index contributed by atoms with van der Waals surface area (Å²) in [5.41, 5.74) is 3.63. The van der Waals surface area contributed by atoms with Gasteiger partial charge in [-0.05, 0) is 36.4 Å². The highest BCUT2D eigenvalue weighted by Gasteiger charge is 2.15. The van der Waals surface area contributed by atoms with Crippen LogP contribution in [-0.4, -0.2) is 18.0 Å². The second kappa shape index (κ2) is 7.30. The van der Waals surface area contributed by atoms with Crippen molar-refractivity contribution >= 4 is 22.5 Å². The van der Waals surface area contributed by atoms with Gasteiger partial charge in [0.15, 0.2) is 0 Å². The van der Waals surface area contributed by atoms with Gasteiger partial charge >= 0.3 is 0 Å².